The number of aromatic nitrogens is 2. The van der Waals surface area contributed by atoms with Gasteiger partial charge in [-0.15, -0.1) is 0 Å². The van der Waals surface area contributed by atoms with Crippen molar-refractivity contribution in [3.63, 3.8) is 0 Å². The minimum Gasteiger partial charge on any atom is -0.461 e. The van der Waals surface area contributed by atoms with Gasteiger partial charge in [-0.25, -0.2) is 13.6 Å². The van der Waals surface area contributed by atoms with Crippen molar-refractivity contribution in [1.82, 2.24) is 15.1 Å². The highest BCUT2D eigenvalue weighted by Gasteiger charge is 2.50. The van der Waals surface area contributed by atoms with E-state index in [1.54, 1.807) is 6.92 Å². The smallest absolute Gasteiger partial charge is 0.358 e. The van der Waals surface area contributed by atoms with Gasteiger partial charge in [0.2, 0.25) is 5.91 Å². The van der Waals surface area contributed by atoms with Crippen LogP contribution in [-0.4, -0.2) is 45.8 Å². The van der Waals surface area contributed by atoms with Crippen molar-refractivity contribution in [3.8, 4) is 0 Å². The molecule has 10 heteroatoms. The lowest BCUT2D eigenvalue weighted by Gasteiger charge is -2.44. The number of halogens is 2. The average Bonchev–Trinajstić information content (AvgIpc) is 3.20. The van der Waals surface area contributed by atoms with E-state index in [1.807, 2.05) is 0 Å². The standard InChI is InChI=1S/C23H26F2N4O4/c1-3-33-21(31)17-12-19-20(30)29(18-10-9-14(24)11-16(18)25)23(2,13-28(19)27-17)22(32)26-15-7-5-4-6-8-15/h9-12,15H,3-8,13H2,1-2H3,(H,26,32)/t23-/m1/s1. The van der Waals surface area contributed by atoms with E-state index in [-0.39, 0.29) is 36.3 Å². The molecule has 0 radical (unpaired) electrons. The molecule has 0 spiro atoms. The Kier molecular flexibility index (Phi) is 6.18. The zero-order chi connectivity index (χ0) is 23.8. The van der Waals surface area contributed by atoms with Crippen molar-refractivity contribution in [2.24, 2.45) is 0 Å². The number of benzene rings is 1. The molecule has 176 valence electrons. The summed E-state index contributed by atoms with van der Waals surface area (Å²) >= 11 is 0. The molecule has 1 fully saturated rings. The molecule has 0 bridgehead atoms. The Morgan fingerprint density at radius 2 is 1.94 bits per heavy atom. The Labute approximate surface area is 189 Å². The number of carbonyl (C=O) groups is 3. The number of hydrogen-bond donors (Lipinski definition) is 1. The van der Waals surface area contributed by atoms with Crippen molar-refractivity contribution >= 4 is 23.5 Å². The van der Waals surface area contributed by atoms with Crippen LogP contribution in [0.25, 0.3) is 0 Å². The van der Waals surface area contributed by atoms with Gasteiger partial charge in [0.05, 0.1) is 18.8 Å². The third kappa shape index (κ3) is 4.21. The van der Waals surface area contributed by atoms with Crippen LogP contribution in [0.3, 0.4) is 0 Å². The van der Waals surface area contributed by atoms with Crippen LogP contribution in [0, 0.1) is 11.6 Å². The summed E-state index contributed by atoms with van der Waals surface area (Å²) in [4.78, 5) is 40.2. The third-order valence-electron chi connectivity index (χ3n) is 6.22. The lowest BCUT2D eigenvalue weighted by atomic mass is 9.91. The van der Waals surface area contributed by atoms with E-state index in [1.165, 1.54) is 17.7 Å². The number of nitrogens with zero attached hydrogens (tertiary/aromatic N) is 3. The maximum atomic E-state index is 14.8. The average molecular weight is 460 g/mol. The number of fused-ring (bicyclic) bond motifs is 1. The Morgan fingerprint density at radius 3 is 2.61 bits per heavy atom. The first kappa shape index (κ1) is 22.9. The zero-order valence-corrected chi connectivity index (χ0v) is 18.6. The molecule has 1 aliphatic carbocycles. The molecule has 1 aromatic carbocycles. The van der Waals surface area contributed by atoms with Crippen molar-refractivity contribution in [2.75, 3.05) is 11.5 Å². The van der Waals surface area contributed by atoms with Crippen molar-refractivity contribution in [1.29, 1.82) is 0 Å². The molecule has 2 aromatic rings. The molecule has 33 heavy (non-hydrogen) atoms. The number of rotatable bonds is 5. The molecule has 2 aliphatic rings. The molecule has 1 atom stereocenters. The highest BCUT2D eigenvalue weighted by Crippen LogP contribution is 2.35. The summed E-state index contributed by atoms with van der Waals surface area (Å²) in [5, 5.41) is 7.17. The van der Waals surface area contributed by atoms with Crippen LogP contribution in [0.5, 0.6) is 0 Å². The lowest BCUT2D eigenvalue weighted by molar-refractivity contribution is -0.127. The Bertz CT molecular complexity index is 1100. The molecule has 8 nitrogen and oxygen atoms in total. The monoisotopic (exact) mass is 460 g/mol. The predicted octanol–water partition coefficient (Wildman–Crippen LogP) is 3.21. The number of hydrogen-bond acceptors (Lipinski definition) is 5. The molecule has 0 saturated heterocycles. The minimum absolute atomic E-state index is 0.00437. The van der Waals surface area contributed by atoms with E-state index in [0.29, 0.717) is 6.07 Å². The predicted molar refractivity (Wildman–Crippen MR) is 115 cm³/mol. The fourth-order valence-corrected chi connectivity index (χ4v) is 4.51. The van der Waals surface area contributed by atoms with Crippen LogP contribution in [-0.2, 0) is 16.1 Å². The number of nitrogens with one attached hydrogen (secondary N) is 1. The van der Waals surface area contributed by atoms with Gasteiger partial charge in [0.25, 0.3) is 5.91 Å². The first-order valence-electron chi connectivity index (χ1n) is 11.1. The van der Waals surface area contributed by atoms with Gasteiger partial charge in [-0.1, -0.05) is 19.3 Å². The van der Waals surface area contributed by atoms with Gasteiger partial charge in [0, 0.05) is 18.2 Å². The van der Waals surface area contributed by atoms with Gasteiger partial charge in [-0.05, 0) is 38.8 Å². The van der Waals surface area contributed by atoms with Crippen molar-refractivity contribution in [2.45, 2.75) is 64.1 Å². The number of anilines is 1. The third-order valence-corrected chi connectivity index (χ3v) is 6.22. The Hall–Kier alpha value is -3.30. The molecular formula is C23H26F2N4O4. The number of esters is 1. The summed E-state index contributed by atoms with van der Waals surface area (Å²) < 4.78 is 34.6. The summed E-state index contributed by atoms with van der Waals surface area (Å²) in [6.07, 6.45) is 4.72. The number of ether oxygens (including phenoxy) is 1. The second-order valence-corrected chi connectivity index (χ2v) is 8.61. The summed E-state index contributed by atoms with van der Waals surface area (Å²) in [6.45, 7) is 3.16. The van der Waals surface area contributed by atoms with E-state index in [9.17, 15) is 23.2 Å². The summed E-state index contributed by atoms with van der Waals surface area (Å²) in [6, 6.07) is 4.03. The second-order valence-electron chi connectivity index (χ2n) is 8.61. The summed E-state index contributed by atoms with van der Waals surface area (Å²) in [7, 11) is 0. The molecular weight excluding hydrogens is 434 g/mol. The molecule has 1 aliphatic heterocycles. The largest absolute Gasteiger partial charge is 0.461 e. The van der Waals surface area contributed by atoms with E-state index in [4.69, 9.17) is 4.74 Å². The van der Waals surface area contributed by atoms with Crippen LogP contribution in [0.1, 0.15) is 66.9 Å². The van der Waals surface area contributed by atoms with Crippen LogP contribution in [0.2, 0.25) is 0 Å². The molecule has 4 rings (SSSR count). The second kappa shape index (κ2) is 8.92. The quantitative estimate of drug-likeness (QED) is 0.692. The highest BCUT2D eigenvalue weighted by molar-refractivity contribution is 6.12. The SMILES string of the molecule is CCOC(=O)c1cc2n(n1)C[C@](C)(C(=O)NC1CCCCC1)N(c1ccc(F)cc1F)C2=O. The Morgan fingerprint density at radius 1 is 1.21 bits per heavy atom. The van der Waals surface area contributed by atoms with Crippen LogP contribution in [0.15, 0.2) is 24.3 Å². The fraction of sp³-hybridized carbons (Fsp3) is 0.478. The summed E-state index contributed by atoms with van der Waals surface area (Å²) in [5.74, 6) is -3.68. The van der Waals surface area contributed by atoms with Gasteiger partial charge >= 0.3 is 5.97 Å². The van der Waals surface area contributed by atoms with Crippen LogP contribution < -0.4 is 10.2 Å². The van der Waals surface area contributed by atoms with E-state index < -0.39 is 35.0 Å². The molecule has 0 unspecified atom stereocenters. The van der Waals surface area contributed by atoms with E-state index in [0.717, 1.165) is 49.1 Å². The van der Waals surface area contributed by atoms with Crippen molar-refractivity contribution in [3.05, 3.63) is 47.3 Å². The van der Waals surface area contributed by atoms with Gasteiger partial charge < -0.3 is 10.1 Å². The molecule has 2 heterocycles. The van der Waals surface area contributed by atoms with Gasteiger partial charge in [-0.2, -0.15) is 5.10 Å². The molecule has 1 saturated carbocycles. The van der Waals surface area contributed by atoms with E-state index >= 15 is 0 Å². The molecule has 1 N–H and O–H groups in total. The zero-order valence-electron chi connectivity index (χ0n) is 18.6. The van der Waals surface area contributed by atoms with Gasteiger partial charge in [0.1, 0.15) is 22.9 Å². The van der Waals surface area contributed by atoms with Gasteiger partial charge in [0.15, 0.2) is 5.69 Å². The Balaban J connectivity index is 1.77. The van der Waals surface area contributed by atoms with Crippen LogP contribution >= 0.6 is 0 Å². The van der Waals surface area contributed by atoms with E-state index in [2.05, 4.69) is 10.4 Å². The molecule has 2 amide bonds. The first-order chi connectivity index (χ1) is 15.7. The maximum absolute atomic E-state index is 14.8. The fourth-order valence-electron chi connectivity index (χ4n) is 4.51. The number of amides is 2. The lowest BCUT2D eigenvalue weighted by Crippen LogP contribution is -2.65. The number of carbonyl (C=O) groups excluding carboxylic acids is 3. The molecule has 1 aromatic heterocycles. The normalized spacial score (nSPS) is 21.0. The maximum Gasteiger partial charge on any atom is 0.358 e. The first-order valence-corrected chi connectivity index (χ1v) is 11.1. The minimum atomic E-state index is -1.57. The highest BCUT2D eigenvalue weighted by atomic mass is 19.1. The van der Waals surface area contributed by atoms with Gasteiger partial charge in [-0.3, -0.25) is 19.2 Å². The van der Waals surface area contributed by atoms with Crippen LogP contribution in [0.4, 0.5) is 14.5 Å². The summed E-state index contributed by atoms with van der Waals surface area (Å²) in [5.41, 5.74) is -1.88. The van der Waals surface area contributed by atoms with Crippen molar-refractivity contribution < 1.29 is 27.9 Å². The topological polar surface area (TPSA) is 93.5 Å².